The van der Waals surface area contributed by atoms with Crippen molar-refractivity contribution in [2.24, 2.45) is 0 Å². The number of aromatic nitrogens is 1. The Bertz CT molecular complexity index is 766. The van der Waals surface area contributed by atoms with E-state index in [0.717, 1.165) is 6.07 Å². The van der Waals surface area contributed by atoms with E-state index in [1.807, 2.05) is 0 Å². The molecule has 2 rings (SSSR count). The molecule has 0 atom stereocenters. The molecule has 0 spiro atoms. The van der Waals surface area contributed by atoms with Crippen molar-refractivity contribution in [2.45, 2.75) is 19.4 Å². The summed E-state index contributed by atoms with van der Waals surface area (Å²) in [6.07, 6.45) is 0. The molecule has 0 aliphatic heterocycles. The molecule has 0 amide bonds. The van der Waals surface area contributed by atoms with E-state index in [2.05, 4.69) is 4.98 Å². The molecule has 0 saturated heterocycles. The third-order valence-corrected chi connectivity index (χ3v) is 3.22. The molecular weight excluding hydrogens is 313 g/mol. The lowest BCUT2D eigenvalue weighted by atomic mass is 9.80. The number of aliphatic hydroxyl groups is 1. The number of ether oxygens (including phenoxy) is 2. The summed E-state index contributed by atoms with van der Waals surface area (Å²) in [5.41, 5.74) is -0.312. The Morgan fingerprint density at radius 3 is 2.46 bits per heavy atom. The normalized spacial score (nSPS) is 11.2. The molecule has 2 aromatic rings. The fourth-order valence-electron chi connectivity index (χ4n) is 2.08. The maximum atomic E-state index is 11.7. The lowest BCUT2D eigenvalue weighted by molar-refractivity contribution is 0.0276. The van der Waals surface area contributed by atoms with Gasteiger partial charge < -0.3 is 29.6 Å². The molecule has 0 radical (unpaired) electrons. The zero-order valence-electron chi connectivity index (χ0n) is 13.7. The highest BCUT2D eigenvalue weighted by molar-refractivity contribution is 6.58. The molecule has 1 aromatic carbocycles. The minimum Gasteiger partial charge on any atom is -0.493 e. The fourth-order valence-corrected chi connectivity index (χ4v) is 2.08. The van der Waals surface area contributed by atoms with Crippen molar-refractivity contribution in [1.82, 2.24) is 4.98 Å². The molecule has 0 aliphatic carbocycles. The van der Waals surface area contributed by atoms with Gasteiger partial charge in [0.05, 0.1) is 12.7 Å². The Balaban J connectivity index is 2.37. The van der Waals surface area contributed by atoms with Crippen molar-refractivity contribution in [3.8, 4) is 22.8 Å². The number of aromatic amines is 1. The van der Waals surface area contributed by atoms with Crippen LogP contribution in [-0.2, 0) is 0 Å². The van der Waals surface area contributed by atoms with Crippen molar-refractivity contribution in [2.75, 3.05) is 13.7 Å². The van der Waals surface area contributed by atoms with Gasteiger partial charge in [-0.15, -0.1) is 0 Å². The number of hydrogen-bond acceptors (Lipinski definition) is 6. The van der Waals surface area contributed by atoms with Crippen molar-refractivity contribution in [1.29, 1.82) is 0 Å². The largest absolute Gasteiger partial charge is 0.493 e. The smallest absolute Gasteiger partial charge is 0.488 e. The Labute approximate surface area is 139 Å². The van der Waals surface area contributed by atoms with Gasteiger partial charge in [0.2, 0.25) is 5.56 Å². The van der Waals surface area contributed by atoms with Crippen LogP contribution in [0.4, 0.5) is 0 Å². The summed E-state index contributed by atoms with van der Waals surface area (Å²) >= 11 is 0. The quantitative estimate of drug-likeness (QED) is 0.549. The number of nitrogens with one attached hydrogen (secondary N) is 1. The molecule has 1 heterocycles. The second kappa shape index (κ2) is 7.08. The molecule has 0 aliphatic rings. The van der Waals surface area contributed by atoms with Crippen LogP contribution in [0.3, 0.4) is 0 Å². The van der Waals surface area contributed by atoms with Crippen molar-refractivity contribution in [3.63, 3.8) is 0 Å². The molecule has 1 aromatic heterocycles. The fraction of sp³-hybridized carbons (Fsp3) is 0.312. The highest BCUT2D eigenvalue weighted by atomic mass is 16.5. The SMILES string of the molecule is COc1cc(-c2cc(B(O)O)cc(=O)[nH]2)ccc1OCC(C)(C)O. The zero-order chi connectivity index (χ0) is 17.9. The standard InChI is InChI=1S/C16H20BNO6/c1-16(2,20)9-24-13-5-4-10(6-14(13)23-3)12-7-11(17(21)22)8-15(19)18-12/h4-8,20-22H,9H2,1-3H3,(H,18,19). The van der Waals surface area contributed by atoms with Crippen LogP contribution in [0.1, 0.15) is 13.8 Å². The minimum atomic E-state index is -1.73. The first kappa shape index (κ1) is 18.1. The van der Waals surface area contributed by atoms with Gasteiger partial charge in [-0.05, 0) is 43.6 Å². The summed E-state index contributed by atoms with van der Waals surface area (Å²) < 4.78 is 10.8. The molecule has 4 N–H and O–H groups in total. The maximum Gasteiger partial charge on any atom is 0.488 e. The second-order valence-corrected chi connectivity index (χ2v) is 6.03. The van der Waals surface area contributed by atoms with Crippen LogP contribution in [0, 0.1) is 0 Å². The average Bonchev–Trinajstić information content (AvgIpc) is 2.51. The van der Waals surface area contributed by atoms with Crippen molar-refractivity contribution >= 4 is 12.6 Å². The summed E-state index contributed by atoms with van der Waals surface area (Å²) in [5, 5.41) is 28.2. The lowest BCUT2D eigenvalue weighted by Gasteiger charge is -2.19. The third-order valence-electron chi connectivity index (χ3n) is 3.22. The Morgan fingerprint density at radius 2 is 1.88 bits per heavy atom. The number of benzene rings is 1. The van der Waals surface area contributed by atoms with Crippen LogP contribution in [0.2, 0.25) is 0 Å². The first-order valence-corrected chi connectivity index (χ1v) is 7.33. The highest BCUT2D eigenvalue weighted by Gasteiger charge is 2.17. The molecule has 8 heteroatoms. The summed E-state index contributed by atoms with van der Waals surface area (Å²) in [4.78, 5) is 14.3. The first-order valence-electron chi connectivity index (χ1n) is 7.33. The van der Waals surface area contributed by atoms with Crippen LogP contribution in [0.5, 0.6) is 11.5 Å². The van der Waals surface area contributed by atoms with E-state index in [0.29, 0.717) is 22.8 Å². The van der Waals surface area contributed by atoms with Gasteiger partial charge in [0, 0.05) is 17.3 Å². The minimum absolute atomic E-state index is 0.0890. The van der Waals surface area contributed by atoms with Gasteiger partial charge in [-0.2, -0.15) is 0 Å². The van der Waals surface area contributed by atoms with E-state index in [4.69, 9.17) is 9.47 Å². The van der Waals surface area contributed by atoms with Gasteiger partial charge in [0.25, 0.3) is 0 Å². The lowest BCUT2D eigenvalue weighted by Crippen LogP contribution is -2.33. The third kappa shape index (κ3) is 4.61. The Kier molecular flexibility index (Phi) is 5.33. The van der Waals surface area contributed by atoms with Crippen LogP contribution < -0.4 is 20.5 Å². The van der Waals surface area contributed by atoms with Gasteiger partial charge in [-0.25, -0.2) is 0 Å². The topological polar surface area (TPSA) is 112 Å². The Hall–Kier alpha value is -2.29. The number of hydrogen-bond donors (Lipinski definition) is 4. The van der Waals surface area contributed by atoms with Gasteiger partial charge in [0.15, 0.2) is 11.5 Å². The van der Waals surface area contributed by atoms with E-state index < -0.39 is 18.3 Å². The molecule has 7 nitrogen and oxygen atoms in total. The monoisotopic (exact) mass is 333 g/mol. The predicted molar refractivity (Wildman–Crippen MR) is 90.7 cm³/mol. The van der Waals surface area contributed by atoms with Gasteiger partial charge in [-0.1, -0.05) is 0 Å². The summed E-state index contributed by atoms with van der Waals surface area (Å²) in [6, 6.07) is 7.59. The first-order chi connectivity index (χ1) is 11.2. The number of rotatable bonds is 6. The highest BCUT2D eigenvalue weighted by Crippen LogP contribution is 2.32. The summed E-state index contributed by atoms with van der Waals surface area (Å²) in [5.74, 6) is 0.872. The van der Waals surface area contributed by atoms with Crippen molar-refractivity contribution in [3.05, 3.63) is 40.7 Å². The molecule has 0 fully saturated rings. The number of pyridine rings is 1. The summed E-state index contributed by atoms with van der Waals surface area (Å²) in [7, 11) is -0.255. The number of methoxy groups -OCH3 is 1. The van der Waals surface area contributed by atoms with Crippen LogP contribution in [0.15, 0.2) is 35.1 Å². The molecule has 0 bridgehead atoms. The molecule has 0 unspecified atom stereocenters. The van der Waals surface area contributed by atoms with Gasteiger partial charge in [-0.3, -0.25) is 4.79 Å². The van der Waals surface area contributed by atoms with E-state index in [-0.39, 0.29) is 12.1 Å². The van der Waals surface area contributed by atoms with Gasteiger partial charge in [0.1, 0.15) is 6.61 Å². The second-order valence-electron chi connectivity index (χ2n) is 6.03. The maximum absolute atomic E-state index is 11.7. The number of H-pyrrole nitrogens is 1. The molecule has 128 valence electrons. The van der Waals surface area contributed by atoms with Crippen LogP contribution >= 0.6 is 0 Å². The Morgan fingerprint density at radius 1 is 1.17 bits per heavy atom. The predicted octanol–water partition coefficient (Wildman–Crippen LogP) is -0.120. The van der Waals surface area contributed by atoms with Crippen molar-refractivity contribution < 1.29 is 24.6 Å². The molecule has 0 saturated carbocycles. The zero-order valence-corrected chi connectivity index (χ0v) is 13.7. The van der Waals surface area contributed by atoms with Crippen LogP contribution in [-0.4, -0.2) is 46.6 Å². The average molecular weight is 333 g/mol. The molecular formula is C16H20BNO6. The molecule has 24 heavy (non-hydrogen) atoms. The summed E-state index contributed by atoms with van der Waals surface area (Å²) in [6.45, 7) is 3.35. The van der Waals surface area contributed by atoms with E-state index >= 15 is 0 Å². The van der Waals surface area contributed by atoms with Crippen LogP contribution in [0.25, 0.3) is 11.3 Å². The van der Waals surface area contributed by atoms with E-state index in [9.17, 15) is 19.9 Å². The van der Waals surface area contributed by atoms with E-state index in [1.165, 1.54) is 13.2 Å². The van der Waals surface area contributed by atoms with E-state index in [1.54, 1.807) is 32.0 Å². The van der Waals surface area contributed by atoms with Gasteiger partial charge >= 0.3 is 7.12 Å².